The molecule has 0 atom stereocenters. The zero-order chi connectivity index (χ0) is 13.6. The lowest BCUT2D eigenvalue weighted by Crippen LogP contribution is -2.24. The van der Waals surface area contributed by atoms with Gasteiger partial charge in [-0.2, -0.15) is 0 Å². The molecule has 5 heteroatoms. The van der Waals surface area contributed by atoms with E-state index in [0.29, 0.717) is 0 Å². The van der Waals surface area contributed by atoms with Crippen molar-refractivity contribution in [3.8, 4) is 0 Å². The van der Waals surface area contributed by atoms with Crippen molar-refractivity contribution in [3.63, 3.8) is 0 Å². The van der Waals surface area contributed by atoms with E-state index in [1.807, 2.05) is 6.07 Å². The smallest absolute Gasteiger partial charge is 0.238 e. The summed E-state index contributed by atoms with van der Waals surface area (Å²) in [6.07, 6.45) is 1.90. The second-order valence-corrected chi connectivity index (χ2v) is 5.88. The molecule has 0 aliphatic rings. The van der Waals surface area contributed by atoms with Crippen LogP contribution >= 0.6 is 0 Å². The molecule has 102 valence electrons. The first-order chi connectivity index (χ1) is 8.47. The first kappa shape index (κ1) is 15.1. The van der Waals surface area contributed by atoms with Gasteiger partial charge in [0.2, 0.25) is 10.0 Å². The number of primary sulfonamides is 1. The molecule has 0 unspecified atom stereocenters. The van der Waals surface area contributed by atoms with Crippen LogP contribution in [0.2, 0.25) is 0 Å². The monoisotopic (exact) mass is 270 g/mol. The third kappa shape index (κ3) is 4.76. The number of nitrogens with zero attached hydrogens (tertiary/aromatic N) is 1. The highest BCUT2D eigenvalue weighted by Crippen LogP contribution is 2.11. The quantitative estimate of drug-likeness (QED) is 0.818. The number of hydrogen-bond acceptors (Lipinski definition) is 3. The molecule has 0 radical (unpaired) electrons. The van der Waals surface area contributed by atoms with Crippen molar-refractivity contribution >= 4 is 10.0 Å². The second-order valence-electron chi connectivity index (χ2n) is 4.32. The lowest BCUT2D eigenvalue weighted by Gasteiger charge is -2.17. The van der Waals surface area contributed by atoms with Gasteiger partial charge in [0.05, 0.1) is 4.90 Å². The topological polar surface area (TPSA) is 63.4 Å². The molecule has 0 spiro atoms. The maximum Gasteiger partial charge on any atom is 0.238 e. The molecule has 0 bridgehead atoms. The number of benzene rings is 1. The molecular weight excluding hydrogens is 248 g/mol. The fraction of sp³-hybridized carbons (Fsp3) is 0.538. The predicted octanol–water partition coefficient (Wildman–Crippen LogP) is 1.61. The van der Waals surface area contributed by atoms with Gasteiger partial charge in [-0.25, -0.2) is 13.6 Å². The third-order valence-electron chi connectivity index (χ3n) is 3.06. The zero-order valence-electron chi connectivity index (χ0n) is 11.1. The Labute approximate surface area is 110 Å². The van der Waals surface area contributed by atoms with Gasteiger partial charge >= 0.3 is 0 Å². The van der Waals surface area contributed by atoms with Gasteiger partial charge in [0, 0.05) is 0 Å². The predicted molar refractivity (Wildman–Crippen MR) is 73.9 cm³/mol. The average Bonchev–Trinajstić information content (AvgIpc) is 2.34. The summed E-state index contributed by atoms with van der Waals surface area (Å²) in [5.41, 5.74) is 1.02. The molecule has 4 nitrogen and oxygen atoms in total. The van der Waals surface area contributed by atoms with Gasteiger partial charge in [0.15, 0.2) is 0 Å². The molecule has 0 aliphatic carbocycles. The first-order valence-electron chi connectivity index (χ1n) is 6.31. The van der Waals surface area contributed by atoms with Gasteiger partial charge in [0.25, 0.3) is 0 Å². The van der Waals surface area contributed by atoms with Gasteiger partial charge < -0.3 is 4.90 Å². The van der Waals surface area contributed by atoms with Gasteiger partial charge in [-0.15, -0.1) is 0 Å². The fourth-order valence-electron chi connectivity index (χ4n) is 1.92. The maximum atomic E-state index is 11.2. The summed E-state index contributed by atoms with van der Waals surface area (Å²) in [7, 11) is -3.59. The fourth-order valence-corrected chi connectivity index (χ4v) is 2.51. The standard InChI is InChI=1S/C13H22N2O2S/c1-3-15(4-2)10-6-8-12-7-5-9-13(11-12)18(14,16)17/h5,7,9,11H,3-4,6,8,10H2,1-2H3,(H2,14,16,17). The van der Waals surface area contributed by atoms with E-state index in [4.69, 9.17) is 5.14 Å². The van der Waals surface area contributed by atoms with Crippen molar-refractivity contribution in [2.24, 2.45) is 5.14 Å². The molecule has 0 heterocycles. The lowest BCUT2D eigenvalue weighted by molar-refractivity contribution is 0.300. The Balaban J connectivity index is 2.58. The summed E-state index contributed by atoms with van der Waals surface area (Å²) in [6.45, 7) is 7.42. The Morgan fingerprint density at radius 2 is 1.89 bits per heavy atom. The van der Waals surface area contributed by atoms with Gasteiger partial charge in [-0.3, -0.25) is 0 Å². The highest BCUT2D eigenvalue weighted by Gasteiger charge is 2.07. The maximum absolute atomic E-state index is 11.2. The van der Waals surface area contributed by atoms with Crippen molar-refractivity contribution in [2.45, 2.75) is 31.6 Å². The number of sulfonamides is 1. The first-order valence-corrected chi connectivity index (χ1v) is 7.86. The Kier molecular flexibility index (Phi) is 5.78. The van der Waals surface area contributed by atoms with E-state index in [1.54, 1.807) is 12.1 Å². The van der Waals surface area contributed by atoms with Crippen LogP contribution in [-0.2, 0) is 16.4 Å². The summed E-state index contributed by atoms with van der Waals surface area (Å²) in [5, 5.41) is 5.11. The van der Waals surface area contributed by atoms with Crippen LogP contribution in [0.25, 0.3) is 0 Å². The van der Waals surface area contributed by atoms with Crippen LogP contribution in [0.1, 0.15) is 25.8 Å². The van der Waals surface area contributed by atoms with Crippen molar-refractivity contribution < 1.29 is 8.42 Å². The van der Waals surface area contributed by atoms with E-state index < -0.39 is 10.0 Å². The van der Waals surface area contributed by atoms with Crippen LogP contribution in [0.5, 0.6) is 0 Å². The number of nitrogens with two attached hydrogens (primary N) is 1. The molecule has 18 heavy (non-hydrogen) atoms. The molecule has 0 aliphatic heterocycles. The van der Waals surface area contributed by atoms with Crippen molar-refractivity contribution in [2.75, 3.05) is 19.6 Å². The van der Waals surface area contributed by atoms with Crippen molar-refractivity contribution in [3.05, 3.63) is 29.8 Å². The van der Waals surface area contributed by atoms with E-state index in [2.05, 4.69) is 18.7 Å². The Morgan fingerprint density at radius 1 is 1.22 bits per heavy atom. The average molecular weight is 270 g/mol. The molecule has 2 N–H and O–H groups in total. The van der Waals surface area contributed by atoms with E-state index in [0.717, 1.165) is 38.0 Å². The second kappa shape index (κ2) is 6.87. The molecule has 0 saturated carbocycles. The highest BCUT2D eigenvalue weighted by molar-refractivity contribution is 7.89. The van der Waals surface area contributed by atoms with Crippen LogP contribution in [0.4, 0.5) is 0 Å². The highest BCUT2D eigenvalue weighted by atomic mass is 32.2. The Bertz CT molecular complexity index is 468. The summed E-state index contributed by atoms with van der Waals surface area (Å²) in [6, 6.07) is 6.88. The normalized spacial score (nSPS) is 12.0. The summed E-state index contributed by atoms with van der Waals surface area (Å²) in [4.78, 5) is 2.55. The van der Waals surface area contributed by atoms with Crippen LogP contribution < -0.4 is 5.14 Å². The molecule has 0 aromatic heterocycles. The van der Waals surface area contributed by atoms with E-state index in [-0.39, 0.29) is 4.90 Å². The molecular formula is C13H22N2O2S. The summed E-state index contributed by atoms with van der Waals surface area (Å²) < 4.78 is 22.5. The number of aryl methyl sites for hydroxylation is 1. The van der Waals surface area contributed by atoms with Crippen LogP contribution in [0.15, 0.2) is 29.2 Å². The minimum absolute atomic E-state index is 0.197. The van der Waals surface area contributed by atoms with Crippen molar-refractivity contribution in [1.82, 2.24) is 4.90 Å². The summed E-state index contributed by atoms with van der Waals surface area (Å²) >= 11 is 0. The van der Waals surface area contributed by atoms with E-state index >= 15 is 0 Å². The number of hydrogen-bond donors (Lipinski definition) is 1. The Hall–Kier alpha value is -0.910. The van der Waals surface area contributed by atoms with Gasteiger partial charge in [-0.05, 0) is 50.2 Å². The van der Waals surface area contributed by atoms with Crippen molar-refractivity contribution in [1.29, 1.82) is 0 Å². The van der Waals surface area contributed by atoms with Crippen LogP contribution in [0, 0.1) is 0 Å². The van der Waals surface area contributed by atoms with E-state index in [9.17, 15) is 8.42 Å². The van der Waals surface area contributed by atoms with Gasteiger partial charge in [0.1, 0.15) is 0 Å². The zero-order valence-corrected chi connectivity index (χ0v) is 11.9. The van der Waals surface area contributed by atoms with Crippen LogP contribution in [0.3, 0.4) is 0 Å². The lowest BCUT2D eigenvalue weighted by atomic mass is 10.1. The minimum Gasteiger partial charge on any atom is -0.304 e. The van der Waals surface area contributed by atoms with E-state index in [1.165, 1.54) is 6.07 Å². The minimum atomic E-state index is -3.59. The Morgan fingerprint density at radius 3 is 2.44 bits per heavy atom. The molecule has 1 aromatic carbocycles. The number of rotatable bonds is 7. The molecule has 0 saturated heterocycles. The van der Waals surface area contributed by atoms with Crippen LogP contribution in [-0.4, -0.2) is 33.0 Å². The largest absolute Gasteiger partial charge is 0.304 e. The molecule has 0 amide bonds. The summed E-state index contributed by atoms with van der Waals surface area (Å²) in [5.74, 6) is 0. The molecule has 1 rings (SSSR count). The third-order valence-corrected chi connectivity index (χ3v) is 3.97. The SMILES string of the molecule is CCN(CC)CCCc1cccc(S(N)(=O)=O)c1. The molecule has 1 aromatic rings. The molecule has 0 fully saturated rings. The van der Waals surface area contributed by atoms with Gasteiger partial charge in [-0.1, -0.05) is 26.0 Å².